The molecule has 0 aliphatic heterocycles. The molecule has 9 heavy (non-hydrogen) atoms. The quantitative estimate of drug-likeness (QED) is 0.613. The summed E-state index contributed by atoms with van der Waals surface area (Å²) in [5, 5.41) is 9.02. The summed E-state index contributed by atoms with van der Waals surface area (Å²) in [4.78, 5) is 0. The number of alkyl halides is 1. The van der Waals surface area contributed by atoms with Crippen molar-refractivity contribution in [3.8, 4) is 0 Å². The van der Waals surface area contributed by atoms with Gasteiger partial charge >= 0.3 is 0 Å². The van der Waals surface area contributed by atoms with Gasteiger partial charge in [0.05, 0.1) is 6.61 Å². The van der Waals surface area contributed by atoms with E-state index in [1.807, 2.05) is 0 Å². The van der Waals surface area contributed by atoms with Crippen LogP contribution in [0.1, 0.15) is 12.8 Å². The predicted molar refractivity (Wildman–Crippen MR) is 37.4 cm³/mol. The summed E-state index contributed by atoms with van der Waals surface area (Å²) < 4.78 is 0.453. The van der Waals surface area contributed by atoms with Crippen molar-refractivity contribution in [2.45, 2.75) is 17.2 Å². The van der Waals surface area contributed by atoms with Crippen molar-refractivity contribution in [2.24, 2.45) is 17.3 Å². The third kappa shape index (κ3) is 0.250. The molecule has 1 nitrogen and oxygen atoms in total. The van der Waals surface area contributed by atoms with E-state index in [2.05, 4.69) is 15.9 Å². The van der Waals surface area contributed by atoms with Crippen molar-refractivity contribution in [2.75, 3.05) is 6.61 Å². The van der Waals surface area contributed by atoms with E-state index < -0.39 is 0 Å². The molecule has 2 unspecified atom stereocenters. The van der Waals surface area contributed by atoms with Crippen molar-refractivity contribution in [1.29, 1.82) is 0 Å². The van der Waals surface area contributed by atoms with Crippen LogP contribution < -0.4 is 0 Å². The van der Waals surface area contributed by atoms with Gasteiger partial charge in [-0.25, -0.2) is 0 Å². The molecule has 0 aromatic heterocycles. The van der Waals surface area contributed by atoms with Crippen LogP contribution in [0, 0.1) is 17.3 Å². The van der Waals surface area contributed by atoms with Crippen molar-refractivity contribution in [3.63, 3.8) is 0 Å². The monoisotopic (exact) mass is 188 g/mol. The van der Waals surface area contributed by atoms with Crippen LogP contribution in [0.3, 0.4) is 0 Å². The fourth-order valence-corrected chi connectivity index (χ4v) is 4.98. The number of hydrogen-bond acceptors (Lipinski definition) is 1. The first kappa shape index (κ1) is 5.14. The largest absolute Gasteiger partial charge is 0.396 e. The van der Waals surface area contributed by atoms with Gasteiger partial charge in [-0.05, 0) is 24.7 Å². The number of fused-ring (bicyclic) bond motifs is 1. The van der Waals surface area contributed by atoms with Crippen LogP contribution in [0.15, 0.2) is 0 Å². The molecular formula is C7H9BrO. The smallest absolute Gasteiger partial charge is 0.0507 e. The molecule has 4 aliphatic rings. The summed E-state index contributed by atoms with van der Waals surface area (Å²) >= 11 is 3.71. The summed E-state index contributed by atoms with van der Waals surface area (Å²) in [6.45, 7) is 0.424. The maximum absolute atomic E-state index is 9.02. The van der Waals surface area contributed by atoms with Gasteiger partial charge in [0.2, 0.25) is 0 Å². The summed E-state index contributed by atoms with van der Waals surface area (Å²) in [6, 6.07) is 0. The number of halogens is 1. The van der Waals surface area contributed by atoms with Crippen molar-refractivity contribution in [1.82, 2.24) is 0 Å². The molecule has 0 spiro atoms. The second-order valence-corrected chi connectivity index (χ2v) is 4.96. The van der Waals surface area contributed by atoms with Crippen LogP contribution >= 0.6 is 15.9 Å². The standard InChI is InChI=1S/C7H9BrO/c8-7-4-1-2-5(7)6(4,7)3-9/h4-5,9H,1-3H2. The predicted octanol–water partition coefficient (Wildman–Crippen LogP) is 1.15. The third-order valence-corrected chi connectivity index (χ3v) is 5.65. The lowest BCUT2D eigenvalue weighted by Gasteiger charge is -2.01. The van der Waals surface area contributed by atoms with Crippen LogP contribution in [0.2, 0.25) is 0 Å². The molecule has 4 fully saturated rings. The Labute approximate surface area is 62.6 Å². The number of rotatable bonds is 1. The Kier molecular flexibility index (Phi) is 0.580. The zero-order valence-electron chi connectivity index (χ0n) is 5.10. The van der Waals surface area contributed by atoms with Crippen LogP contribution in [0.4, 0.5) is 0 Å². The molecule has 0 aromatic carbocycles. The second kappa shape index (κ2) is 1.02. The van der Waals surface area contributed by atoms with Gasteiger partial charge in [-0.2, -0.15) is 0 Å². The summed E-state index contributed by atoms with van der Waals surface area (Å²) in [6.07, 6.45) is 2.72. The molecule has 2 atom stereocenters. The Morgan fingerprint density at radius 1 is 1.44 bits per heavy atom. The minimum atomic E-state index is 0.396. The molecule has 4 aliphatic carbocycles. The van der Waals surface area contributed by atoms with Crippen molar-refractivity contribution >= 4 is 15.9 Å². The topological polar surface area (TPSA) is 20.2 Å². The zero-order chi connectivity index (χ0) is 6.28. The van der Waals surface area contributed by atoms with E-state index in [1.54, 1.807) is 0 Å². The van der Waals surface area contributed by atoms with Gasteiger partial charge in [-0.15, -0.1) is 0 Å². The Morgan fingerprint density at radius 2 is 2.00 bits per heavy atom. The van der Waals surface area contributed by atoms with Gasteiger partial charge in [0.25, 0.3) is 0 Å². The first-order chi connectivity index (χ1) is 4.28. The van der Waals surface area contributed by atoms with E-state index in [0.717, 1.165) is 11.8 Å². The minimum absolute atomic E-state index is 0.396. The van der Waals surface area contributed by atoms with E-state index in [-0.39, 0.29) is 0 Å². The van der Waals surface area contributed by atoms with Gasteiger partial charge < -0.3 is 5.11 Å². The lowest BCUT2D eigenvalue weighted by atomic mass is 10.1. The highest BCUT2D eigenvalue weighted by atomic mass is 79.9. The Hall–Kier alpha value is 0.440. The molecule has 0 heterocycles. The molecule has 1 N–H and O–H groups in total. The zero-order valence-corrected chi connectivity index (χ0v) is 6.69. The SMILES string of the molecule is OCC12C3CCC1C32Br. The van der Waals surface area contributed by atoms with E-state index in [0.29, 0.717) is 16.3 Å². The van der Waals surface area contributed by atoms with Gasteiger partial charge in [-0.1, -0.05) is 15.9 Å². The number of aliphatic hydroxyl groups excluding tert-OH is 1. The molecule has 50 valence electrons. The molecule has 0 radical (unpaired) electrons. The van der Waals surface area contributed by atoms with Gasteiger partial charge in [0, 0.05) is 9.74 Å². The summed E-state index contributed by atoms with van der Waals surface area (Å²) in [5.74, 6) is 1.69. The molecule has 0 amide bonds. The normalized spacial score (nSPS) is 74.0. The van der Waals surface area contributed by atoms with Crippen molar-refractivity contribution < 1.29 is 5.11 Å². The van der Waals surface area contributed by atoms with E-state index in [1.165, 1.54) is 12.8 Å². The Morgan fingerprint density at radius 3 is 2.22 bits per heavy atom. The average Bonchev–Trinajstić information content (AvgIpc) is 2.38. The van der Waals surface area contributed by atoms with Crippen LogP contribution in [-0.2, 0) is 0 Å². The highest BCUT2D eigenvalue weighted by Crippen LogP contribution is 2.97. The lowest BCUT2D eigenvalue weighted by Crippen LogP contribution is -2.04. The molecule has 0 saturated heterocycles. The molecular weight excluding hydrogens is 180 g/mol. The maximum atomic E-state index is 9.02. The summed E-state index contributed by atoms with van der Waals surface area (Å²) in [5.41, 5.74) is 0.396. The van der Waals surface area contributed by atoms with Crippen LogP contribution in [0.5, 0.6) is 0 Å². The van der Waals surface area contributed by atoms with E-state index in [4.69, 9.17) is 5.11 Å². The minimum Gasteiger partial charge on any atom is -0.396 e. The van der Waals surface area contributed by atoms with Crippen LogP contribution in [0.25, 0.3) is 0 Å². The van der Waals surface area contributed by atoms with Crippen molar-refractivity contribution in [3.05, 3.63) is 0 Å². The molecule has 2 heteroatoms. The lowest BCUT2D eigenvalue weighted by molar-refractivity contribution is 0.224. The van der Waals surface area contributed by atoms with E-state index >= 15 is 0 Å². The first-order valence-electron chi connectivity index (χ1n) is 3.58. The maximum Gasteiger partial charge on any atom is 0.0507 e. The molecule has 4 rings (SSSR count). The Bertz CT molecular complexity index is 177. The average molecular weight is 189 g/mol. The number of aliphatic hydroxyl groups is 1. The number of hydrogen-bond donors (Lipinski definition) is 1. The Balaban J connectivity index is 2.05. The second-order valence-electron chi connectivity index (χ2n) is 3.65. The van der Waals surface area contributed by atoms with Crippen LogP contribution in [-0.4, -0.2) is 16.0 Å². The van der Waals surface area contributed by atoms with Gasteiger partial charge in [0.1, 0.15) is 0 Å². The fraction of sp³-hybridized carbons (Fsp3) is 1.00. The molecule has 4 saturated carbocycles. The highest BCUT2D eigenvalue weighted by molar-refractivity contribution is 9.10. The fourth-order valence-electron chi connectivity index (χ4n) is 3.25. The van der Waals surface area contributed by atoms with Gasteiger partial charge in [0.15, 0.2) is 0 Å². The summed E-state index contributed by atoms with van der Waals surface area (Å²) in [7, 11) is 0. The first-order valence-corrected chi connectivity index (χ1v) is 4.37. The molecule has 0 aromatic rings. The molecule has 2 bridgehead atoms. The van der Waals surface area contributed by atoms with Gasteiger partial charge in [-0.3, -0.25) is 0 Å². The highest BCUT2D eigenvalue weighted by Gasteiger charge is 2.98. The third-order valence-electron chi connectivity index (χ3n) is 3.81. The van der Waals surface area contributed by atoms with E-state index in [9.17, 15) is 0 Å².